The predicted molar refractivity (Wildman–Crippen MR) is 167 cm³/mol. The lowest BCUT2D eigenvalue weighted by Gasteiger charge is -2.45. The topological polar surface area (TPSA) is 304 Å². The molecular formula is C33H42O19. The van der Waals surface area contributed by atoms with Crippen molar-refractivity contribution in [1.29, 1.82) is 0 Å². The monoisotopic (exact) mass is 742 g/mol. The molecule has 2 aromatic rings. The molecule has 16 atom stereocenters. The van der Waals surface area contributed by atoms with Crippen LogP contribution in [0, 0.1) is 0 Å². The molecule has 4 aliphatic rings. The molecule has 0 bridgehead atoms. The third-order valence-electron chi connectivity index (χ3n) is 9.50. The Hall–Kier alpha value is -3.25. The normalized spacial score (nSPS) is 40.8. The number of hydrogen-bond acceptors (Lipinski definition) is 19. The maximum Gasteiger partial charge on any atom is 0.229 e. The van der Waals surface area contributed by atoms with Crippen LogP contribution >= 0.6 is 0 Å². The molecular weight excluding hydrogens is 700 g/mol. The van der Waals surface area contributed by atoms with Crippen LogP contribution in [0.25, 0.3) is 0 Å². The van der Waals surface area contributed by atoms with E-state index >= 15 is 0 Å². The SMILES string of the molecule is C[C@@H]1O[C@@H](O[C@H]2[C@H](Oc3cc(O)c4c(c3)OC(c3ccc(O[C@@H]5O[C@H](CO)[C@@H](O)[C@H](O)[C@H]5O)cc3)CC4=O)O[C@H](CO)[C@@H](O)[C@@H]2O)[C@H](O)[C@H](O)[C@H]1O. The Labute approximate surface area is 295 Å². The summed E-state index contributed by atoms with van der Waals surface area (Å²) in [5, 5.41) is 113. The van der Waals surface area contributed by atoms with Gasteiger partial charge in [0.25, 0.3) is 0 Å². The second kappa shape index (κ2) is 15.6. The third kappa shape index (κ3) is 7.43. The average Bonchev–Trinajstić information content (AvgIpc) is 3.12. The second-order valence-corrected chi connectivity index (χ2v) is 13.0. The van der Waals surface area contributed by atoms with Gasteiger partial charge in [0.05, 0.1) is 25.7 Å². The molecule has 0 aliphatic carbocycles. The summed E-state index contributed by atoms with van der Waals surface area (Å²) in [7, 11) is 0. The highest BCUT2D eigenvalue weighted by atomic mass is 16.8. The number of Topliss-reactive ketones (excluding diaryl/α,β-unsaturated/α-hetero) is 1. The highest BCUT2D eigenvalue weighted by molar-refractivity contribution is 6.02. The van der Waals surface area contributed by atoms with Crippen molar-refractivity contribution < 1.29 is 94.1 Å². The molecule has 19 heteroatoms. The van der Waals surface area contributed by atoms with E-state index in [9.17, 15) is 61.0 Å². The van der Waals surface area contributed by atoms with Crippen molar-refractivity contribution in [2.75, 3.05) is 13.2 Å². The smallest absolute Gasteiger partial charge is 0.229 e. The number of carbonyl (C=O) groups excluding carboxylic acids is 1. The number of aliphatic hydroxyl groups excluding tert-OH is 10. The molecule has 2 aromatic carbocycles. The van der Waals surface area contributed by atoms with Gasteiger partial charge < -0.3 is 89.3 Å². The van der Waals surface area contributed by atoms with E-state index in [-0.39, 0.29) is 29.2 Å². The van der Waals surface area contributed by atoms with E-state index in [4.69, 9.17) is 33.2 Å². The van der Waals surface area contributed by atoms with E-state index in [0.29, 0.717) is 5.56 Å². The van der Waals surface area contributed by atoms with E-state index in [1.807, 2.05) is 0 Å². The number of phenols is 1. The highest BCUT2D eigenvalue weighted by Gasteiger charge is 2.51. The standard InChI is InChI=1S/C33H42O19/c1-11-22(38)25(41)28(44)31(46-11)52-30-27(43)24(40)20(10-35)51-33(30)48-14-6-15(36)21-16(37)8-17(49-18(21)7-14)12-2-4-13(5-3-12)47-32-29(45)26(42)23(39)19(9-34)50-32/h2-7,11,17,19-20,22-36,38-45H,8-10H2,1H3/t11-,17?,19+,20+,22-,23+,24+,25+,26-,27-,28+,29+,30+,31-,32+,33+/m0/s1. The number of aliphatic hydroxyl groups is 10. The van der Waals surface area contributed by atoms with Gasteiger partial charge in [-0.3, -0.25) is 4.79 Å². The maximum absolute atomic E-state index is 13.2. The van der Waals surface area contributed by atoms with Crippen LogP contribution in [0.5, 0.6) is 23.0 Å². The fraction of sp³-hybridized carbons (Fsp3) is 0.606. The van der Waals surface area contributed by atoms with Gasteiger partial charge in [-0.05, 0) is 24.6 Å². The minimum Gasteiger partial charge on any atom is -0.507 e. The van der Waals surface area contributed by atoms with E-state index in [2.05, 4.69) is 0 Å². The number of aromatic hydroxyl groups is 1. The summed E-state index contributed by atoms with van der Waals surface area (Å²) in [6.07, 6.45) is -24.2. The first kappa shape index (κ1) is 38.5. The molecule has 0 aromatic heterocycles. The summed E-state index contributed by atoms with van der Waals surface area (Å²) < 4.78 is 39.8. The predicted octanol–water partition coefficient (Wildman–Crippen LogP) is -3.69. The molecule has 0 radical (unpaired) electrons. The lowest BCUT2D eigenvalue weighted by atomic mass is 9.95. The van der Waals surface area contributed by atoms with Crippen LogP contribution in [-0.4, -0.2) is 167 Å². The van der Waals surface area contributed by atoms with Crippen molar-refractivity contribution >= 4 is 5.78 Å². The Bertz CT molecular complexity index is 1540. The Morgan fingerprint density at radius 2 is 1.25 bits per heavy atom. The number of phenolic OH excluding ortho intramolecular Hbond substituents is 1. The number of ether oxygens (including phenoxy) is 7. The van der Waals surface area contributed by atoms with E-state index < -0.39 is 123 Å². The molecule has 0 amide bonds. The van der Waals surface area contributed by atoms with Crippen LogP contribution in [0.15, 0.2) is 36.4 Å². The molecule has 3 saturated heterocycles. The number of carbonyl (C=O) groups is 1. The zero-order valence-electron chi connectivity index (χ0n) is 27.5. The molecule has 6 rings (SSSR count). The fourth-order valence-electron chi connectivity index (χ4n) is 6.44. The maximum atomic E-state index is 13.2. The van der Waals surface area contributed by atoms with Crippen LogP contribution < -0.4 is 14.2 Å². The van der Waals surface area contributed by atoms with Gasteiger partial charge in [0, 0.05) is 12.1 Å². The first-order chi connectivity index (χ1) is 24.7. The lowest BCUT2D eigenvalue weighted by Crippen LogP contribution is -2.64. The number of rotatable bonds is 9. The van der Waals surface area contributed by atoms with Crippen molar-refractivity contribution in [2.24, 2.45) is 0 Å². The van der Waals surface area contributed by atoms with Gasteiger partial charge in [-0.2, -0.15) is 0 Å². The van der Waals surface area contributed by atoms with Crippen molar-refractivity contribution in [3.05, 3.63) is 47.5 Å². The largest absolute Gasteiger partial charge is 0.507 e. The third-order valence-corrected chi connectivity index (χ3v) is 9.50. The Balaban J connectivity index is 1.19. The van der Waals surface area contributed by atoms with Crippen LogP contribution in [0.1, 0.15) is 35.4 Å². The molecule has 0 spiro atoms. The van der Waals surface area contributed by atoms with Gasteiger partial charge in [-0.15, -0.1) is 0 Å². The number of fused-ring (bicyclic) bond motifs is 1. The lowest BCUT2D eigenvalue weighted by molar-refractivity contribution is -0.354. The quantitative estimate of drug-likeness (QED) is 0.118. The molecule has 0 saturated carbocycles. The first-order valence-electron chi connectivity index (χ1n) is 16.5. The molecule has 288 valence electrons. The van der Waals surface area contributed by atoms with Gasteiger partial charge in [-0.25, -0.2) is 0 Å². The summed E-state index contributed by atoms with van der Waals surface area (Å²) in [4.78, 5) is 13.2. The van der Waals surface area contributed by atoms with Crippen LogP contribution in [0.2, 0.25) is 0 Å². The van der Waals surface area contributed by atoms with Crippen LogP contribution in [0.4, 0.5) is 0 Å². The number of ketones is 1. The van der Waals surface area contributed by atoms with Gasteiger partial charge in [-0.1, -0.05) is 12.1 Å². The number of benzene rings is 2. The summed E-state index contributed by atoms with van der Waals surface area (Å²) >= 11 is 0. The molecule has 1 unspecified atom stereocenters. The fourth-order valence-corrected chi connectivity index (χ4v) is 6.44. The molecule has 11 N–H and O–H groups in total. The van der Waals surface area contributed by atoms with Crippen molar-refractivity contribution in [3.63, 3.8) is 0 Å². The molecule has 3 fully saturated rings. The minimum atomic E-state index is -1.80. The Morgan fingerprint density at radius 1 is 0.673 bits per heavy atom. The minimum absolute atomic E-state index is 0.0950. The van der Waals surface area contributed by atoms with Crippen molar-refractivity contribution in [1.82, 2.24) is 0 Å². The van der Waals surface area contributed by atoms with Crippen molar-refractivity contribution in [2.45, 2.75) is 112 Å². The van der Waals surface area contributed by atoms with E-state index in [0.717, 1.165) is 6.07 Å². The summed E-state index contributed by atoms with van der Waals surface area (Å²) in [5.41, 5.74) is 0.345. The Kier molecular flexibility index (Phi) is 11.6. The van der Waals surface area contributed by atoms with E-state index in [1.54, 1.807) is 12.1 Å². The molecule has 4 heterocycles. The van der Waals surface area contributed by atoms with Crippen LogP contribution in [-0.2, 0) is 18.9 Å². The second-order valence-electron chi connectivity index (χ2n) is 13.0. The van der Waals surface area contributed by atoms with Gasteiger partial charge in [0.1, 0.15) is 95.7 Å². The molecule has 52 heavy (non-hydrogen) atoms. The van der Waals surface area contributed by atoms with E-state index in [1.165, 1.54) is 25.1 Å². The number of hydrogen-bond donors (Lipinski definition) is 11. The van der Waals surface area contributed by atoms with Gasteiger partial charge in [0.15, 0.2) is 18.2 Å². The first-order valence-corrected chi connectivity index (χ1v) is 16.5. The van der Waals surface area contributed by atoms with Gasteiger partial charge in [0.2, 0.25) is 12.6 Å². The van der Waals surface area contributed by atoms with Crippen LogP contribution in [0.3, 0.4) is 0 Å². The average molecular weight is 743 g/mol. The molecule has 19 nitrogen and oxygen atoms in total. The molecule has 4 aliphatic heterocycles. The summed E-state index contributed by atoms with van der Waals surface area (Å²) in [6.45, 7) is 0.0222. The van der Waals surface area contributed by atoms with Gasteiger partial charge >= 0.3 is 0 Å². The Morgan fingerprint density at radius 3 is 1.90 bits per heavy atom. The zero-order valence-corrected chi connectivity index (χ0v) is 27.5. The zero-order chi connectivity index (χ0) is 37.6. The summed E-state index contributed by atoms with van der Waals surface area (Å²) in [5.74, 6) is -1.09. The van der Waals surface area contributed by atoms with Crippen molar-refractivity contribution in [3.8, 4) is 23.0 Å². The highest BCUT2D eigenvalue weighted by Crippen LogP contribution is 2.43. The summed E-state index contributed by atoms with van der Waals surface area (Å²) in [6, 6.07) is 8.40.